The Kier molecular flexibility index (Phi) is 5.51. The van der Waals surface area contributed by atoms with E-state index >= 15 is 0 Å². The second kappa shape index (κ2) is 8.75. The van der Waals surface area contributed by atoms with Gasteiger partial charge in [0.2, 0.25) is 0 Å². The number of ether oxygens (including phenoxy) is 1. The topological polar surface area (TPSA) is 52.1 Å². The van der Waals surface area contributed by atoms with E-state index in [9.17, 15) is 4.79 Å². The molecule has 1 aliphatic carbocycles. The molecular formula is C28H24N2O2. The number of nitrogens with zero attached hydrogens (tertiary/aromatic N) is 2. The molecule has 0 unspecified atom stereocenters. The highest BCUT2D eigenvalue weighted by molar-refractivity contribution is 5.77. The van der Waals surface area contributed by atoms with E-state index in [1.807, 2.05) is 48.8 Å². The lowest BCUT2D eigenvalue weighted by atomic mass is 9.71. The number of carbonyl (C=O) groups is 1. The predicted molar refractivity (Wildman–Crippen MR) is 124 cm³/mol. The molecule has 2 aromatic heterocycles. The number of esters is 1. The predicted octanol–water partition coefficient (Wildman–Crippen LogP) is 5.76. The Morgan fingerprint density at radius 2 is 1.31 bits per heavy atom. The molecule has 5 rings (SSSR count). The summed E-state index contributed by atoms with van der Waals surface area (Å²) in [5.74, 6) is 0.351. The van der Waals surface area contributed by atoms with E-state index in [0.29, 0.717) is 18.6 Å². The molecule has 0 aliphatic heterocycles. The monoisotopic (exact) mass is 420 g/mol. The minimum absolute atomic E-state index is 0.224. The zero-order valence-electron chi connectivity index (χ0n) is 17.8. The first-order valence-electron chi connectivity index (χ1n) is 11.0. The van der Waals surface area contributed by atoms with Crippen LogP contribution in [0.2, 0.25) is 0 Å². The van der Waals surface area contributed by atoms with Crippen molar-refractivity contribution < 1.29 is 9.53 Å². The van der Waals surface area contributed by atoms with Crippen LogP contribution in [0, 0.1) is 0 Å². The highest BCUT2D eigenvalue weighted by Crippen LogP contribution is 2.52. The molecule has 0 saturated carbocycles. The van der Waals surface area contributed by atoms with Crippen LogP contribution < -0.4 is 4.74 Å². The van der Waals surface area contributed by atoms with Crippen LogP contribution in [0.15, 0.2) is 97.3 Å². The lowest BCUT2D eigenvalue weighted by molar-refractivity contribution is -0.134. The normalized spacial score (nSPS) is 13.2. The molecule has 0 atom stereocenters. The van der Waals surface area contributed by atoms with Gasteiger partial charge in [-0.25, -0.2) is 0 Å². The van der Waals surface area contributed by atoms with Crippen LogP contribution in [0.3, 0.4) is 0 Å². The summed E-state index contributed by atoms with van der Waals surface area (Å²) in [6.45, 7) is 0. The molecule has 4 heteroatoms. The first kappa shape index (κ1) is 20.1. The van der Waals surface area contributed by atoms with Gasteiger partial charge in [0.25, 0.3) is 0 Å². The average molecular weight is 421 g/mol. The Morgan fingerprint density at radius 3 is 1.94 bits per heavy atom. The third kappa shape index (κ3) is 3.80. The van der Waals surface area contributed by atoms with E-state index in [1.165, 1.54) is 5.56 Å². The fourth-order valence-corrected chi connectivity index (χ4v) is 4.76. The van der Waals surface area contributed by atoms with Crippen LogP contribution in [0.4, 0.5) is 0 Å². The fraction of sp³-hybridized carbons (Fsp3) is 0.179. The van der Waals surface area contributed by atoms with Crippen molar-refractivity contribution in [3.63, 3.8) is 0 Å². The fourth-order valence-electron chi connectivity index (χ4n) is 4.76. The average Bonchev–Trinajstić information content (AvgIpc) is 3.13. The van der Waals surface area contributed by atoms with Gasteiger partial charge in [0.05, 0.1) is 11.4 Å². The van der Waals surface area contributed by atoms with Gasteiger partial charge in [-0.1, -0.05) is 60.7 Å². The van der Waals surface area contributed by atoms with Crippen molar-refractivity contribution in [1.29, 1.82) is 0 Å². The van der Waals surface area contributed by atoms with Crippen molar-refractivity contribution >= 4 is 5.97 Å². The van der Waals surface area contributed by atoms with Gasteiger partial charge < -0.3 is 4.74 Å². The number of aryl methyl sites for hydroxylation is 1. The van der Waals surface area contributed by atoms with Gasteiger partial charge in [-0.05, 0) is 60.2 Å². The summed E-state index contributed by atoms with van der Waals surface area (Å²) in [6.07, 6.45) is 6.35. The number of benzene rings is 2. The lowest BCUT2D eigenvalue weighted by Crippen LogP contribution is -2.28. The van der Waals surface area contributed by atoms with Crippen LogP contribution >= 0.6 is 0 Å². The number of hydrogen-bond acceptors (Lipinski definition) is 4. The maximum Gasteiger partial charge on any atom is 0.311 e. The molecule has 158 valence electrons. The number of rotatable bonds is 7. The van der Waals surface area contributed by atoms with Crippen LogP contribution in [0.1, 0.15) is 36.0 Å². The maximum absolute atomic E-state index is 12.8. The van der Waals surface area contributed by atoms with Crippen LogP contribution in [-0.2, 0) is 16.6 Å². The standard InChI is InChI=1S/C28H24N2O2/c31-25(32-22-11-5-2-6-12-22)16-18-28(17-15-21-9-3-1-4-10-21)23-13-7-19-29-26(23)27-24(28)14-8-20-30-27/h1-14,19-20H,15-18H2. The summed E-state index contributed by atoms with van der Waals surface area (Å²) < 4.78 is 5.59. The minimum atomic E-state index is -0.335. The molecule has 2 heterocycles. The Balaban J connectivity index is 1.48. The summed E-state index contributed by atoms with van der Waals surface area (Å²) >= 11 is 0. The second-order valence-corrected chi connectivity index (χ2v) is 8.15. The summed E-state index contributed by atoms with van der Waals surface area (Å²) in [7, 11) is 0. The Morgan fingerprint density at radius 1 is 0.719 bits per heavy atom. The lowest BCUT2D eigenvalue weighted by Gasteiger charge is -2.31. The highest BCUT2D eigenvalue weighted by Gasteiger charge is 2.44. The van der Waals surface area contributed by atoms with Crippen molar-refractivity contribution in [2.24, 2.45) is 0 Å². The van der Waals surface area contributed by atoms with Crippen molar-refractivity contribution in [2.75, 3.05) is 0 Å². The first-order valence-corrected chi connectivity index (χ1v) is 11.0. The molecule has 0 saturated heterocycles. The summed E-state index contributed by atoms with van der Waals surface area (Å²) in [4.78, 5) is 22.1. The number of carbonyl (C=O) groups excluding carboxylic acids is 1. The largest absolute Gasteiger partial charge is 0.427 e. The summed E-state index contributed by atoms with van der Waals surface area (Å²) in [5.41, 5.74) is 5.09. The molecule has 0 fully saturated rings. The van der Waals surface area contributed by atoms with Crippen molar-refractivity contribution in [3.05, 3.63) is 114 Å². The molecule has 0 N–H and O–H groups in total. The highest BCUT2D eigenvalue weighted by atomic mass is 16.5. The molecule has 32 heavy (non-hydrogen) atoms. The van der Waals surface area contributed by atoms with Crippen LogP contribution in [-0.4, -0.2) is 15.9 Å². The molecule has 0 amide bonds. The molecule has 4 nitrogen and oxygen atoms in total. The summed E-state index contributed by atoms with van der Waals surface area (Å²) in [6, 6.07) is 27.9. The van der Waals surface area contributed by atoms with Gasteiger partial charge >= 0.3 is 5.97 Å². The SMILES string of the molecule is O=C(CCC1(CCc2ccccc2)c2cccnc2-c2ncccc21)Oc1ccccc1. The summed E-state index contributed by atoms with van der Waals surface area (Å²) in [5, 5.41) is 0. The number of para-hydroxylation sites is 1. The van der Waals surface area contributed by atoms with Gasteiger partial charge in [-0.15, -0.1) is 0 Å². The quantitative estimate of drug-likeness (QED) is 0.282. The van der Waals surface area contributed by atoms with E-state index in [2.05, 4.69) is 46.4 Å². The van der Waals surface area contributed by atoms with Gasteiger partial charge in [0, 0.05) is 24.2 Å². The van der Waals surface area contributed by atoms with Crippen LogP contribution in [0.5, 0.6) is 5.75 Å². The van der Waals surface area contributed by atoms with E-state index in [1.54, 1.807) is 12.1 Å². The third-order valence-corrected chi connectivity index (χ3v) is 6.28. The number of pyridine rings is 2. The zero-order valence-corrected chi connectivity index (χ0v) is 17.8. The Bertz CT molecular complexity index is 1180. The van der Waals surface area contributed by atoms with E-state index < -0.39 is 0 Å². The second-order valence-electron chi connectivity index (χ2n) is 8.15. The maximum atomic E-state index is 12.8. The molecule has 0 bridgehead atoms. The molecule has 0 spiro atoms. The van der Waals surface area contributed by atoms with Crippen molar-refractivity contribution in [2.45, 2.75) is 31.1 Å². The zero-order chi connectivity index (χ0) is 21.8. The smallest absolute Gasteiger partial charge is 0.311 e. The number of fused-ring (bicyclic) bond motifs is 3. The van der Waals surface area contributed by atoms with Crippen molar-refractivity contribution in [1.82, 2.24) is 9.97 Å². The van der Waals surface area contributed by atoms with E-state index in [0.717, 1.165) is 35.4 Å². The molecule has 2 aromatic carbocycles. The van der Waals surface area contributed by atoms with Gasteiger partial charge in [0.1, 0.15) is 5.75 Å². The van der Waals surface area contributed by atoms with Gasteiger partial charge in [0.15, 0.2) is 0 Å². The van der Waals surface area contributed by atoms with E-state index in [-0.39, 0.29) is 11.4 Å². The van der Waals surface area contributed by atoms with Gasteiger partial charge in [-0.2, -0.15) is 0 Å². The van der Waals surface area contributed by atoms with Gasteiger partial charge in [-0.3, -0.25) is 14.8 Å². The molecule has 1 aliphatic rings. The third-order valence-electron chi connectivity index (χ3n) is 6.28. The van der Waals surface area contributed by atoms with Crippen molar-refractivity contribution in [3.8, 4) is 17.1 Å². The number of hydrogen-bond donors (Lipinski definition) is 0. The minimum Gasteiger partial charge on any atom is -0.427 e. The van der Waals surface area contributed by atoms with Crippen LogP contribution in [0.25, 0.3) is 11.4 Å². The Labute approximate surface area is 188 Å². The molecule has 0 radical (unpaired) electrons. The molecule has 4 aromatic rings. The number of aromatic nitrogens is 2. The molecular weight excluding hydrogens is 396 g/mol. The van der Waals surface area contributed by atoms with E-state index in [4.69, 9.17) is 4.74 Å². The first-order chi connectivity index (χ1) is 15.8. The Hall–Kier alpha value is -3.79.